The molecule has 8 nitrogen and oxygen atoms in total. The third-order valence-corrected chi connectivity index (χ3v) is 6.71. The van der Waals surface area contributed by atoms with Crippen molar-refractivity contribution in [3.63, 3.8) is 0 Å². The summed E-state index contributed by atoms with van der Waals surface area (Å²) in [5, 5.41) is 2.96. The lowest BCUT2D eigenvalue weighted by molar-refractivity contribution is -0.120. The average molecular weight is 429 g/mol. The third kappa shape index (κ3) is 4.17. The van der Waals surface area contributed by atoms with E-state index in [0.29, 0.717) is 37.4 Å². The largest absolute Gasteiger partial charge is 0.495 e. The highest BCUT2D eigenvalue weighted by atomic mass is 32.2. The first-order valence-electron chi connectivity index (χ1n) is 9.73. The van der Waals surface area contributed by atoms with Crippen LogP contribution in [0.15, 0.2) is 48.8 Å². The number of amides is 1. The second kappa shape index (κ2) is 8.08. The van der Waals surface area contributed by atoms with Crippen LogP contribution in [0.4, 0.5) is 5.69 Å². The number of methoxy groups -OCH3 is 1. The minimum atomic E-state index is -3.22. The number of ether oxygens (including phenoxy) is 1. The fourth-order valence-corrected chi connectivity index (χ4v) is 4.60. The topological polar surface area (TPSA) is 93.0 Å². The van der Waals surface area contributed by atoms with Gasteiger partial charge in [-0.15, -0.1) is 0 Å². The Balaban J connectivity index is 1.53. The Morgan fingerprint density at radius 2 is 1.97 bits per heavy atom. The monoisotopic (exact) mass is 428 g/mol. The van der Waals surface area contributed by atoms with Crippen LogP contribution in [0.25, 0.3) is 16.9 Å². The molecule has 158 valence electrons. The Bertz CT molecular complexity index is 1150. The fourth-order valence-electron chi connectivity index (χ4n) is 3.72. The molecular weight excluding hydrogens is 404 g/mol. The molecule has 0 spiro atoms. The number of nitrogens with zero attached hydrogens (tertiary/aromatic N) is 3. The van der Waals surface area contributed by atoms with E-state index in [1.807, 2.05) is 47.1 Å². The first-order valence-corrected chi connectivity index (χ1v) is 11.6. The van der Waals surface area contributed by atoms with Crippen LogP contribution in [0.2, 0.25) is 0 Å². The van der Waals surface area contributed by atoms with E-state index in [-0.39, 0.29) is 11.8 Å². The van der Waals surface area contributed by atoms with Crippen molar-refractivity contribution in [3.8, 4) is 17.0 Å². The highest BCUT2D eigenvalue weighted by Gasteiger charge is 2.29. The van der Waals surface area contributed by atoms with Gasteiger partial charge >= 0.3 is 0 Å². The van der Waals surface area contributed by atoms with E-state index in [4.69, 9.17) is 4.74 Å². The number of piperidine rings is 1. The lowest BCUT2D eigenvalue weighted by Gasteiger charge is -2.29. The number of fused-ring (bicyclic) bond motifs is 1. The molecule has 0 bridgehead atoms. The molecule has 0 unspecified atom stereocenters. The number of carbonyl (C=O) groups is 1. The molecule has 3 heterocycles. The minimum Gasteiger partial charge on any atom is -0.495 e. The van der Waals surface area contributed by atoms with Crippen LogP contribution < -0.4 is 10.1 Å². The van der Waals surface area contributed by atoms with Crippen molar-refractivity contribution in [2.45, 2.75) is 12.8 Å². The molecule has 1 N–H and O–H groups in total. The lowest BCUT2D eigenvalue weighted by atomic mass is 9.97. The summed E-state index contributed by atoms with van der Waals surface area (Å²) in [6.45, 7) is 0.713. The molecular formula is C21H24N4O4S. The number of nitrogens with one attached hydrogen (secondary N) is 1. The predicted octanol–water partition coefficient (Wildman–Crippen LogP) is 2.62. The zero-order valence-electron chi connectivity index (χ0n) is 16.9. The SMILES string of the molecule is COc1ccc(-c2cn3ccccc3n2)cc1NC(=O)C1CCN(S(C)(=O)=O)CC1. The van der Waals surface area contributed by atoms with Crippen molar-refractivity contribution in [1.82, 2.24) is 13.7 Å². The summed E-state index contributed by atoms with van der Waals surface area (Å²) in [4.78, 5) is 17.5. The molecule has 9 heteroatoms. The molecule has 4 rings (SSSR count). The normalized spacial score (nSPS) is 15.9. The molecule has 1 fully saturated rings. The number of carbonyl (C=O) groups excluding carboxylic acids is 1. The van der Waals surface area contributed by atoms with Gasteiger partial charge in [-0.05, 0) is 43.2 Å². The Morgan fingerprint density at radius 3 is 2.63 bits per heavy atom. The van der Waals surface area contributed by atoms with Crippen LogP contribution in [-0.2, 0) is 14.8 Å². The van der Waals surface area contributed by atoms with E-state index >= 15 is 0 Å². The number of benzene rings is 1. The smallest absolute Gasteiger partial charge is 0.227 e. The number of aromatic nitrogens is 2. The first kappa shape index (κ1) is 20.4. The highest BCUT2D eigenvalue weighted by molar-refractivity contribution is 7.88. The zero-order valence-corrected chi connectivity index (χ0v) is 17.7. The second-order valence-corrected chi connectivity index (χ2v) is 9.42. The van der Waals surface area contributed by atoms with Crippen molar-refractivity contribution in [2.75, 3.05) is 31.8 Å². The summed E-state index contributed by atoms with van der Waals surface area (Å²) in [5.74, 6) is 0.185. The summed E-state index contributed by atoms with van der Waals surface area (Å²) >= 11 is 0. The van der Waals surface area contributed by atoms with Crippen molar-refractivity contribution in [3.05, 3.63) is 48.8 Å². The number of rotatable bonds is 5. The van der Waals surface area contributed by atoms with Crippen LogP contribution in [0.3, 0.4) is 0 Å². The lowest BCUT2D eigenvalue weighted by Crippen LogP contribution is -2.40. The molecule has 0 radical (unpaired) electrons. The molecule has 1 aliphatic heterocycles. The predicted molar refractivity (Wildman–Crippen MR) is 115 cm³/mol. The van der Waals surface area contributed by atoms with Crippen LogP contribution in [0.5, 0.6) is 5.75 Å². The van der Waals surface area contributed by atoms with Gasteiger partial charge < -0.3 is 14.5 Å². The van der Waals surface area contributed by atoms with Gasteiger partial charge in [0.05, 0.1) is 24.7 Å². The van der Waals surface area contributed by atoms with Gasteiger partial charge in [0.15, 0.2) is 0 Å². The number of imidazole rings is 1. The van der Waals surface area contributed by atoms with Crippen molar-refractivity contribution in [1.29, 1.82) is 0 Å². The van der Waals surface area contributed by atoms with E-state index in [2.05, 4.69) is 10.3 Å². The number of anilines is 1. The molecule has 1 saturated heterocycles. The van der Waals surface area contributed by atoms with Crippen LogP contribution in [0, 0.1) is 5.92 Å². The van der Waals surface area contributed by atoms with Gasteiger partial charge in [0.1, 0.15) is 11.4 Å². The molecule has 1 aromatic carbocycles. The van der Waals surface area contributed by atoms with Gasteiger partial charge in [0.2, 0.25) is 15.9 Å². The average Bonchev–Trinajstić information content (AvgIpc) is 3.17. The van der Waals surface area contributed by atoms with Gasteiger partial charge in [-0.3, -0.25) is 4.79 Å². The molecule has 0 atom stereocenters. The van der Waals surface area contributed by atoms with Gasteiger partial charge in [-0.25, -0.2) is 17.7 Å². The van der Waals surface area contributed by atoms with Crippen molar-refractivity contribution < 1.29 is 17.9 Å². The summed E-state index contributed by atoms with van der Waals surface area (Å²) < 4.78 is 32.1. The number of hydrogen-bond donors (Lipinski definition) is 1. The van der Waals surface area contributed by atoms with Crippen molar-refractivity contribution >= 4 is 27.3 Å². The molecule has 1 amide bonds. The van der Waals surface area contributed by atoms with E-state index in [0.717, 1.165) is 16.9 Å². The van der Waals surface area contributed by atoms with E-state index in [1.165, 1.54) is 10.6 Å². The number of hydrogen-bond acceptors (Lipinski definition) is 5. The van der Waals surface area contributed by atoms with E-state index < -0.39 is 10.0 Å². The first-order chi connectivity index (χ1) is 14.3. The van der Waals surface area contributed by atoms with Gasteiger partial charge in [-0.1, -0.05) is 6.07 Å². The van der Waals surface area contributed by atoms with E-state index in [9.17, 15) is 13.2 Å². The Morgan fingerprint density at radius 1 is 1.20 bits per heavy atom. The van der Waals surface area contributed by atoms with Crippen LogP contribution >= 0.6 is 0 Å². The van der Waals surface area contributed by atoms with Crippen LogP contribution in [0.1, 0.15) is 12.8 Å². The van der Waals surface area contributed by atoms with Gasteiger partial charge in [0, 0.05) is 37.0 Å². The second-order valence-electron chi connectivity index (χ2n) is 7.43. The standard InChI is InChI=1S/C21H24N4O4S/c1-29-19-7-6-16(18-14-24-10-4-3-5-20(24)22-18)13-17(19)23-21(26)15-8-11-25(12-9-15)30(2,27)28/h3-7,10,13-15H,8-9,11-12H2,1-2H3,(H,23,26). The zero-order chi connectivity index (χ0) is 21.3. The Kier molecular flexibility index (Phi) is 5.48. The molecule has 0 saturated carbocycles. The van der Waals surface area contributed by atoms with Gasteiger partial charge in [-0.2, -0.15) is 0 Å². The van der Waals surface area contributed by atoms with Crippen molar-refractivity contribution in [2.24, 2.45) is 5.92 Å². The number of sulfonamides is 1. The minimum absolute atomic E-state index is 0.131. The summed E-state index contributed by atoms with van der Waals surface area (Å²) in [6.07, 6.45) is 6.05. The molecule has 0 aliphatic carbocycles. The summed E-state index contributed by atoms with van der Waals surface area (Å²) in [5.41, 5.74) is 3.07. The molecule has 2 aromatic heterocycles. The van der Waals surface area contributed by atoms with Gasteiger partial charge in [0.25, 0.3) is 0 Å². The molecule has 1 aliphatic rings. The molecule has 3 aromatic rings. The summed E-state index contributed by atoms with van der Waals surface area (Å²) in [6, 6.07) is 11.4. The summed E-state index contributed by atoms with van der Waals surface area (Å²) in [7, 11) is -1.66. The Hall–Kier alpha value is -2.91. The fraction of sp³-hybridized carbons (Fsp3) is 0.333. The third-order valence-electron chi connectivity index (χ3n) is 5.41. The molecule has 30 heavy (non-hydrogen) atoms. The number of pyridine rings is 1. The highest BCUT2D eigenvalue weighted by Crippen LogP contribution is 2.31. The quantitative estimate of drug-likeness (QED) is 0.674. The Labute approximate surface area is 175 Å². The maximum atomic E-state index is 12.8. The maximum absolute atomic E-state index is 12.8. The van der Waals surface area contributed by atoms with Crippen LogP contribution in [-0.4, -0.2) is 54.5 Å². The maximum Gasteiger partial charge on any atom is 0.227 e. The van der Waals surface area contributed by atoms with E-state index in [1.54, 1.807) is 13.2 Å².